The molecule has 0 bridgehead atoms. The molecule has 0 aromatic heterocycles. The van der Waals surface area contributed by atoms with Crippen molar-refractivity contribution in [3.05, 3.63) is 65.2 Å². The van der Waals surface area contributed by atoms with Crippen LogP contribution in [0.15, 0.2) is 53.5 Å². The van der Waals surface area contributed by atoms with Crippen molar-refractivity contribution in [2.75, 3.05) is 7.11 Å². The maximum atomic E-state index is 12.3. The van der Waals surface area contributed by atoms with Gasteiger partial charge in [0.2, 0.25) is 5.91 Å². The van der Waals surface area contributed by atoms with Crippen molar-refractivity contribution in [1.82, 2.24) is 4.90 Å². The SMILES string of the molecule is COc1ccc(CN=C(N)[C@@H]2CCC(=O)N2Cc2ccc(C)cc2)cc1. The maximum absolute atomic E-state index is 12.3. The van der Waals surface area contributed by atoms with Crippen molar-refractivity contribution in [3.63, 3.8) is 0 Å². The lowest BCUT2D eigenvalue weighted by molar-refractivity contribution is -0.128. The number of aryl methyl sites for hydroxylation is 1. The summed E-state index contributed by atoms with van der Waals surface area (Å²) in [6, 6.07) is 15.9. The fraction of sp³-hybridized carbons (Fsp3) is 0.333. The number of carbonyl (C=O) groups is 1. The largest absolute Gasteiger partial charge is 0.497 e. The van der Waals surface area contributed by atoms with Crippen LogP contribution in [0, 0.1) is 6.92 Å². The van der Waals surface area contributed by atoms with E-state index in [9.17, 15) is 4.79 Å². The molecule has 1 saturated heterocycles. The molecule has 26 heavy (non-hydrogen) atoms. The number of carbonyl (C=O) groups excluding carboxylic acids is 1. The molecule has 1 amide bonds. The Kier molecular flexibility index (Phi) is 5.56. The van der Waals surface area contributed by atoms with Gasteiger partial charge in [0.1, 0.15) is 11.6 Å². The number of nitrogens with zero attached hydrogens (tertiary/aromatic N) is 2. The molecular weight excluding hydrogens is 326 g/mol. The molecule has 0 unspecified atom stereocenters. The van der Waals surface area contributed by atoms with Crippen LogP contribution in [-0.4, -0.2) is 29.8 Å². The molecule has 2 N–H and O–H groups in total. The summed E-state index contributed by atoms with van der Waals surface area (Å²) in [7, 11) is 1.64. The maximum Gasteiger partial charge on any atom is 0.223 e. The topological polar surface area (TPSA) is 67.9 Å². The zero-order chi connectivity index (χ0) is 18.5. The molecule has 2 aromatic carbocycles. The second kappa shape index (κ2) is 8.04. The number of ether oxygens (including phenoxy) is 1. The number of hydrogen-bond acceptors (Lipinski definition) is 3. The van der Waals surface area contributed by atoms with Crippen LogP contribution in [0.4, 0.5) is 0 Å². The highest BCUT2D eigenvalue weighted by atomic mass is 16.5. The Morgan fingerprint density at radius 1 is 1.15 bits per heavy atom. The first-order valence-corrected chi connectivity index (χ1v) is 8.84. The molecule has 1 aliphatic rings. The Balaban J connectivity index is 1.68. The third kappa shape index (κ3) is 4.23. The minimum atomic E-state index is -0.123. The number of methoxy groups -OCH3 is 1. The number of aliphatic imine (C=N–C) groups is 1. The second-order valence-electron chi connectivity index (χ2n) is 6.65. The van der Waals surface area contributed by atoms with E-state index >= 15 is 0 Å². The van der Waals surface area contributed by atoms with Gasteiger partial charge >= 0.3 is 0 Å². The molecule has 1 aliphatic heterocycles. The number of amides is 1. The van der Waals surface area contributed by atoms with Gasteiger partial charge in [-0.25, -0.2) is 0 Å². The third-order valence-electron chi connectivity index (χ3n) is 4.75. The van der Waals surface area contributed by atoms with Crippen molar-refractivity contribution >= 4 is 11.7 Å². The number of benzene rings is 2. The first-order chi connectivity index (χ1) is 12.6. The summed E-state index contributed by atoms with van der Waals surface area (Å²) in [4.78, 5) is 18.7. The van der Waals surface area contributed by atoms with E-state index in [4.69, 9.17) is 10.5 Å². The Hall–Kier alpha value is -2.82. The van der Waals surface area contributed by atoms with E-state index in [1.165, 1.54) is 5.56 Å². The molecule has 2 aromatic rings. The average molecular weight is 351 g/mol. The molecule has 5 heteroatoms. The van der Waals surface area contributed by atoms with Gasteiger partial charge < -0.3 is 15.4 Å². The van der Waals surface area contributed by atoms with Crippen molar-refractivity contribution in [2.24, 2.45) is 10.7 Å². The lowest BCUT2D eigenvalue weighted by Gasteiger charge is -2.24. The van der Waals surface area contributed by atoms with E-state index in [0.29, 0.717) is 25.3 Å². The molecule has 1 heterocycles. The summed E-state index contributed by atoms with van der Waals surface area (Å²) in [6.45, 7) is 3.12. The van der Waals surface area contributed by atoms with Crippen LogP contribution in [0.25, 0.3) is 0 Å². The normalized spacial score (nSPS) is 17.6. The zero-order valence-electron chi connectivity index (χ0n) is 15.3. The Labute approximate surface area is 154 Å². The van der Waals surface area contributed by atoms with E-state index in [2.05, 4.69) is 36.2 Å². The monoisotopic (exact) mass is 351 g/mol. The highest BCUT2D eigenvalue weighted by Gasteiger charge is 2.33. The first-order valence-electron chi connectivity index (χ1n) is 8.84. The van der Waals surface area contributed by atoms with Crippen LogP contribution in [0.5, 0.6) is 5.75 Å². The van der Waals surface area contributed by atoms with E-state index in [1.54, 1.807) is 7.11 Å². The minimum absolute atomic E-state index is 0.123. The molecule has 1 atom stereocenters. The van der Waals surface area contributed by atoms with Gasteiger partial charge in [-0.3, -0.25) is 9.79 Å². The quantitative estimate of drug-likeness (QED) is 0.642. The first kappa shape index (κ1) is 18.0. The summed E-state index contributed by atoms with van der Waals surface area (Å²) in [6.07, 6.45) is 1.25. The Bertz CT molecular complexity index is 782. The molecule has 0 spiro atoms. The second-order valence-corrected chi connectivity index (χ2v) is 6.65. The number of nitrogens with two attached hydrogens (primary N) is 1. The molecule has 5 nitrogen and oxygen atoms in total. The molecule has 136 valence electrons. The molecule has 1 fully saturated rings. The summed E-state index contributed by atoms with van der Waals surface area (Å²) in [5, 5.41) is 0. The van der Waals surface area contributed by atoms with Crippen molar-refractivity contribution < 1.29 is 9.53 Å². The lowest BCUT2D eigenvalue weighted by atomic mass is 10.1. The minimum Gasteiger partial charge on any atom is -0.497 e. The molecular formula is C21H25N3O2. The van der Waals surface area contributed by atoms with Crippen LogP contribution in [0.2, 0.25) is 0 Å². The molecule has 0 radical (unpaired) electrons. The van der Waals surface area contributed by atoms with E-state index in [-0.39, 0.29) is 11.9 Å². The summed E-state index contributed by atoms with van der Waals surface area (Å²) < 4.78 is 5.16. The van der Waals surface area contributed by atoms with Gasteiger partial charge in [-0.1, -0.05) is 42.0 Å². The predicted octanol–water partition coefficient (Wildman–Crippen LogP) is 3.05. The third-order valence-corrected chi connectivity index (χ3v) is 4.75. The van der Waals surface area contributed by atoms with Gasteiger partial charge in [-0.2, -0.15) is 0 Å². The fourth-order valence-electron chi connectivity index (χ4n) is 3.15. The highest BCUT2D eigenvalue weighted by molar-refractivity contribution is 5.93. The van der Waals surface area contributed by atoms with Crippen molar-refractivity contribution in [2.45, 2.75) is 38.9 Å². The number of amidine groups is 1. The average Bonchev–Trinajstić information content (AvgIpc) is 3.02. The van der Waals surface area contributed by atoms with Gasteiger partial charge in [0.15, 0.2) is 0 Å². The van der Waals surface area contributed by atoms with Crippen molar-refractivity contribution in [3.8, 4) is 5.75 Å². The van der Waals surface area contributed by atoms with Gasteiger partial charge in [-0.05, 0) is 36.6 Å². The number of likely N-dealkylation sites (tertiary alicyclic amines) is 1. The zero-order valence-corrected chi connectivity index (χ0v) is 15.3. The Morgan fingerprint density at radius 3 is 2.46 bits per heavy atom. The molecule has 0 saturated carbocycles. The van der Waals surface area contributed by atoms with E-state index < -0.39 is 0 Å². The van der Waals surface area contributed by atoms with Crippen LogP contribution in [0.1, 0.15) is 29.5 Å². The summed E-state index contributed by atoms with van der Waals surface area (Å²) >= 11 is 0. The summed E-state index contributed by atoms with van der Waals surface area (Å²) in [5.74, 6) is 1.48. The molecule has 0 aliphatic carbocycles. The van der Waals surface area contributed by atoms with Crippen LogP contribution < -0.4 is 10.5 Å². The van der Waals surface area contributed by atoms with Crippen LogP contribution in [-0.2, 0) is 17.9 Å². The highest BCUT2D eigenvalue weighted by Crippen LogP contribution is 2.22. The van der Waals surface area contributed by atoms with E-state index in [1.807, 2.05) is 29.2 Å². The smallest absolute Gasteiger partial charge is 0.223 e. The summed E-state index contributed by atoms with van der Waals surface area (Å²) in [5.41, 5.74) is 9.62. The van der Waals surface area contributed by atoms with Crippen LogP contribution in [0.3, 0.4) is 0 Å². The standard InChI is InChI=1S/C21H25N3O2/c1-15-3-5-17(6-4-15)14-24-19(11-12-20(24)25)21(22)23-13-16-7-9-18(26-2)10-8-16/h3-10,19H,11-14H2,1-2H3,(H2,22,23)/t19-/m0/s1. The van der Waals surface area contributed by atoms with Gasteiger partial charge in [0.25, 0.3) is 0 Å². The Morgan fingerprint density at radius 2 is 1.81 bits per heavy atom. The van der Waals surface area contributed by atoms with Crippen LogP contribution >= 0.6 is 0 Å². The number of rotatable bonds is 6. The van der Waals surface area contributed by atoms with Gasteiger partial charge in [0.05, 0.1) is 19.7 Å². The fourth-order valence-corrected chi connectivity index (χ4v) is 3.15. The van der Waals surface area contributed by atoms with Gasteiger partial charge in [0, 0.05) is 13.0 Å². The predicted molar refractivity (Wildman–Crippen MR) is 103 cm³/mol. The number of hydrogen-bond donors (Lipinski definition) is 1. The van der Waals surface area contributed by atoms with Gasteiger partial charge in [-0.15, -0.1) is 0 Å². The van der Waals surface area contributed by atoms with E-state index in [0.717, 1.165) is 23.3 Å². The lowest BCUT2D eigenvalue weighted by Crippen LogP contribution is -2.42. The van der Waals surface area contributed by atoms with Crippen molar-refractivity contribution in [1.29, 1.82) is 0 Å². The molecule has 3 rings (SSSR count).